The van der Waals surface area contributed by atoms with Crippen molar-refractivity contribution in [2.45, 2.75) is 26.7 Å². The highest BCUT2D eigenvalue weighted by atomic mass is 16.5. The van der Waals surface area contributed by atoms with E-state index in [1.165, 1.54) is 6.42 Å². The minimum Gasteiger partial charge on any atom is -0.483 e. The van der Waals surface area contributed by atoms with Crippen LogP contribution in [-0.4, -0.2) is 40.6 Å². The fourth-order valence-electron chi connectivity index (χ4n) is 3.68. The molecular weight excluding hydrogens is 366 g/mol. The quantitative estimate of drug-likeness (QED) is 0.647. The molecule has 2 heterocycles. The molecule has 0 radical (unpaired) electrons. The van der Waals surface area contributed by atoms with Crippen LogP contribution in [-0.2, 0) is 4.79 Å². The smallest absolute Gasteiger partial charge is 0.260 e. The molecule has 4 rings (SSSR count). The largest absolute Gasteiger partial charge is 0.483 e. The van der Waals surface area contributed by atoms with E-state index in [4.69, 9.17) is 9.26 Å². The van der Waals surface area contributed by atoms with Gasteiger partial charge in [0.15, 0.2) is 6.61 Å². The molecule has 6 heteroatoms. The van der Waals surface area contributed by atoms with Crippen LogP contribution in [0, 0.1) is 12.8 Å². The van der Waals surface area contributed by atoms with Gasteiger partial charge in [0, 0.05) is 18.7 Å². The Morgan fingerprint density at radius 2 is 1.93 bits per heavy atom. The van der Waals surface area contributed by atoms with Crippen molar-refractivity contribution in [1.82, 2.24) is 15.0 Å². The predicted molar refractivity (Wildman–Crippen MR) is 110 cm³/mol. The monoisotopic (exact) mass is 391 g/mol. The molecule has 3 aromatic rings. The second-order valence-electron chi connectivity index (χ2n) is 7.61. The number of rotatable bonds is 5. The van der Waals surface area contributed by atoms with Gasteiger partial charge in [-0.25, -0.2) is 0 Å². The zero-order chi connectivity index (χ0) is 20.2. The van der Waals surface area contributed by atoms with Crippen LogP contribution < -0.4 is 4.74 Å². The molecule has 0 saturated carbocycles. The number of hydrogen-bond donors (Lipinski definition) is 0. The molecule has 1 aliphatic heterocycles. The van der Waals surface area contributed by atoms with E-state index in [1.807, 2.05) is 60.4 Å². The molecule has 2 aromatic carbocycles. The summed E-state index contributed by atoms with van der Waals surface area (Å²) >= 11 is 0. The average Bonchev–Trinajstić information content (AvgIpc) is 3.22. The van der Waals surface area contributed by atoms with Gasteiger partial charge >= 0.3 is 0 Å². The Morgan fingerprint density at radius 1 is 1.17 bits per heavy atom. The number of nitrogens with zero attached hydrogens (tertiary/aromatic N) is 3. The summed E-state index contributed by atoms with van der Waals surface area (Å²) in [6.07, 6.45) is 2.22. The van der Waals surface area contributed by atoms with Crippen molar-refractivity contribution in [2.24, 2.45) is 5.92 Å². The first-order valence-electron chi connectivity index (χ1n) is 10.0. The van der Waals surface area contributed by atoms with Crippen LogP contribution in [0.5, 0.6) is 5.75 Å². The van der Waals surface area contributed by atoms with Crippen LogP contribution >= 0.6 is 0 Å². The van der Waals surface area contributed by atoms with E-state index in [0.717, 1.165) is 30.6 Å². The number of likely N-dealkylation sites (tertiary alicyclic amines) is 1. The Labute approximate surface area is 170 Å². The first-order chi connectivity index (χ1) is 14.1. The van der Waals surface area contributed by atoms with E-state index in [0.29, 0.717) is 28.9 Å². The number of aryl methyl sites for hydroxylation is 1. The molecule has 1 amide bonds. The number of ether oxygens (including phenoxy) is 1. The van der Waals surface area contributed by atoms with Crippen LogP contribution in [0.1, 0.15) is 25.3 Å². The molecule has 150 valence electrons. The van der Waals surface area contributed by atoms with Gasteiger partial charge in [-0.3, -0.25) is 4.79 Å². The third-order valence-corrected chi connectivity index (χ3v) is 5.29. The van der Waals surface area contributed by atoms with E-state index < -0.39 is 0 Å². The van der Waals surface area contributed by atoms with Gasteiger partial charge in [-0.15, -0.1) is 0 Å². The van der Waals surface area contributed by atoms with Crippen molar-refractivity contribution >= 4 is 5.91 Å². The summed E-state index contributed by atoms with van der Waals surface area (Å²) in [4.78, 5) is 19.0. The second-order valence-corrected chi connectivity index (χ2v) is 7.61. The zero-order valence-electron chi connectivity index (χ0n) is 16.8. The highest BCUT2D eigenvalue weighted by Gasteiger charge is 2.22. The van der Waals surface area contributed by atoms with Crippen LogP contribution in [0.25, 0.3) is 22.8 Å². The number of para-hydroxylation sites is 1. The number of carbonyl (C=O) groups is 1. The van der Waals surface area contributed by atoms with Crippen molar-refractivity contribution in [3.05, 3.63) is 54.1 Å². The standard InChI is InChI=1S/C23H25N3O3/c1-16-8-7-13-26(14-16)21(27)15-28-20-12-6-5-11-19(20)22-24-23(29-25-22)18-10-4-3-9-17(18)2/h3-6,9-12,16H,7-8,13-15H2,1-2H3/t16-/m1/s1. The van der Waals surface area contributed by atoms with Crippen molar-refractivity contribution in [3.63, 3.8) is 0 Å². The SMILES string of the molecule is Cc1ccccc1-c1nc(-c2ccccc2OCC(=O)N2CCC[C@@H](C)C2)no1. The van der Waals surface area contributed by atoms with Crippen LogP contribution in [0.15, 0.2) is 53.1 Å². The number of benzene rings is 2. The Bertz CT molecular complexity index is 998. The van der Waals surface area contributed by atoms with Gasteiger partial charge in [0.25, 0.3) is 11.8 Å². The van der Waals surface area contributed by atoms with Gasteiger partial charge in [-0.2, -0.15) is 4.98 Å². The molecule has 0 bridgehead atoms. The highest BCUT2D eigenvalue weighted by Crippen LogP contribution is 2.30. The molecule has 1 aliphatic rings. The normalized spacial score (nSPS) is 16.6. The van der Waals surface area contributed by atoms with E-state index in [9.17, 15) is 4.79 Å². The van der Waals surface area contributed by atoms with Crippen molar-refractivity contribution in [1.29, 1.82) is 0 Å². The first kappa shape index (κ1) is 19.2. The van der Waals surface area contributed by atoms with E-state index in [1.54, 1.807) is 0 Å². The molecule has 1 atom stereocenters. The highest BCUT2D eigenvalue weighted by molar-refractivity contribution is 5.78. The number of piperidine rings is 1. The summed E-state index contributed by atoms with van der Waals surface area (Å²) in [5.41, 5.74) is 2.67. The lowest BCUT2D eigenvalue weighted by molar-refractivity contribution is -0.135. The summed E-state index contributed by atoms with van der Waals surface area (Å²) in [7, 11) is 0. The van der Waals surface area contributed by atoms with E-state index in [-0.39, 0.29) is 12.5 Å². The molecule has 0 unspecified atom stereocenters. The molecule has 1 aromatic heterocycles. The zero-order valence-corrected chi connectivity index (χ0v) is 16.8. The summed E-state index contributed by atoms with van der Waals surface area (Å²) < 4.78 is 11.3. The third kappa shape index (κ3) is 4.31. The van der Waals surface area contributed by atoms with Crippen LogP contribution in [0.4, 0.5) is 0 Å². The van der Waals surface area contributed by atoms with Gasteiger partial charge in [-0.05, 0) is 49.4 Å². The Kier molecular flexibility index (Phi) is 5.60. The minimum absolute atomic E-state index is 0.00619. The maximum atomic E-state index is 12.5. The van der Waals surface area contributed by atoms with Crippen LogP contribution in [0.2, 0.25) is 0 Å². The number of amides is 1. The number of carbonyl (C=O) groups excluding carboxylic acids is 1. The van der Waals surface area contributed by atoms with Gasteiger partial charge in [-0.1, -0.05) is 42.4 Å². The van der Waals surface area contributed by atoms with Gasteiger partial charge in [0.2, 0.25) is 5.82 Å². The van der Waals surface area contributed by atoms with Gasteiger partial charge in [0.1, 0.15) is 5.75 Å². The maximum absolute atomic E-state index is 12.5. The summed E-state index contributed by atoms with van der Waals surface area (Å²) in [5, 5.41) is 4.13. The minimum atomic E-state index is 0.00619. The molecule has 1 fully saturated rings. The summed E-state index contributed by atoms with van der Waals surface area (Å²) in [5.74, 6) is 2.03. The molecule has 29 heavy (non-hydrogen) atoms. The molecule has 0 aliphatic carbocycles. The third-order valence-electron chi connectivity index (χ3n) is 5.29. The van der Waals surface area contributed by atoms with Gasteiger partial charge in [0.05, 0.1) is 5.56 Å². The molecule has 0 spiro atoms. The molecule has 1 saturated heterocycles. The second kappa shape index (κ2) is 8.47. The lowest BCUT2D eigenvalue weighted by Crippen LogP contribution is -2.41. The average molecular weight is 391 g/mol. The molecule has 0 N–H and O–H groups in total. The summed E-state index contributed by atoms with van der Waals surface area (Å²) in [6.45, 7) is 5.79. The van der Waals surface area contributed by atoms with Gasteiger partial charge < -0.3 is 14.2 Å². The molecule has 6 nitrogen and oxygen atoms in total. The topological polar surface area (TPSA) is 68.5 Å². The van der Waals surface area contributed by atoms with E-state index >= 15 is 0 Å². The lowest BCUT2D eigenvalue weighted by atomic mass is 10.0. The van der Waals surface area contributed by atoms with Crippen molar-refractivity contribution < 1.29 is 14.1 Å². The van der Waals surface area contributed by atoms with Crippen molar-refractivity contribution in [3.8, 4) is 28.6 Å². The van der Waals surface area contributed by atoms with E-state index in [2.05, 4.69) is 17.1 Å². The predicted octanol–water partition coefficient (Wildman–Crippen LogP) is 4.35. The number of hydrogen-bond acceptors (Lipinski definition) is 5. The lowest BCUT2D eigenvalue weighted by Gasteiger charge is -2.30. The maximum Gasteiger partial charge on any atom is 0.260 e. The Hall–Kier alpha value is -3.15. The summed E-state index contributed by atoms with van der Waals surface area (Å²) in [6, 6.07) is 15.3. The Balaban J connectivity index is 1.50. The fraction of sp³-hybridized carbons (Fsp3) is 0.348. The molecular formula is C23H25N3O3. The first-order valence-corrected chi connectivity index (χ1v) is 10.0. The van der Waals surface area contributed by atoms with Crippen LogP contribution in [0.3, 0.4) is 0 Å². The fourth-order valence-corrected chi connectivity index (χ4v) is 3.68. The van der Waals surface area contributed by atoms with Crippen molar-refractivity contribution in [2.75, 3.05) is 19.7 Å². The number of aromatic nitrogens is 2. The Morgan fingerprint density at radius 3 is 2.72 bits per heavy atom.